The second-order valence-corrected chi connectivity index (χ2v) is 5.51. The van der Waals surface area contributed by atoms with Crippen molar-refractivity contribution in [2.24, 2.45) is 0 Å². The standard InChI is InChI=1S/C17H23N5O2/c1-4-12(2)22-15(8-9-20-22)21-17(24)19-11-13-6-5-7-14(10-13)16(23)18-3/h5-10,12H,4,11H2,1-3H3,(H,18,23)(H2,19,21,24)/t12-/m0/s1. The SMILES string of the molecule is CC[C@H](C)n1nccc1NC(=O)NCc1cccc(C(=O)NC)c1. The molecule has 2 rings (SSSR count). The van der Waals surface area contributed by atoms with Crippen molar-refractivity contribution in [3.05, 3.63) is 47.7 Å². The number of carbonyl (C=O) groups excluding carboxylic acids is 2. The maximum atomic E-state index is 12.1. The van der Waals surface area contributed by atoms with Crippen molar-refractivity contribution in [1.29, 1.82) is 0 Å². The molecule has 1 heterocycles. The molecule has 0 saturated carbocycles. The Hall–Kier alpha value is -2.83. The molecule has 0 saturated heterocycles. The summed E-state index contributed by atoms with van der Waals surface area (Å²) in [6.45, 7) is 4.43. The number of hydrogen-bond donors (Lipinski definition) is 3. The van der Waals surface area contributed by atoms with Crippen LogP contribution in [-0.4, -0.2) is 28.8 Å². The molecule has 1 aromatic heterocycles. The van der Waals surface area contributed by atoms with Crippen LogP contribution in [0, 0.1) is 0 Å². The topological polar surface area (TPSA) is 88.1 Å². The molecule has 0 fully saturated rings. The fraction of sp³-hybridized carbons (Fsp3) is 0.353. The van der Waals surface area contributed by atoms with E-state index in [1.54, 1.807) is 42.2 Å². The van der Waals surface area contributed by atoms with Crippen molar-refractivity contribution >= 4 is 17.8 Å². The lowest BCUT2D eigenvalue weighted by atomic mass is 10.1. The summed E-state index contributed by atoms with van der Waals surface area (Å²) in [6, 6.07) is 8.78. The first-order valence-corrected chi connectivity index (χ1v) is 7.94. The maximum absolute atomic E-state index is 12.1. The highest BCUT2D eigenvalue weighted by Crippen LogP contribution is 2.16. The fourth-order valence-electron chi connectivity index (χ4n) is 2.25. The summed E-state index contributed by atoms with van der Waals surface area (Å²) < 4.78 is 1.78. The van der Waals surface area contributed by atoms with E-state index >= 15 is 0 Å². The number of aromatic nitrogens is 2. The predicted molar refractivity (Wildman–Crippen MR) is 92.9 cm³/mol. The third-order valence-electron chi connectivity index (χ3n) is 3.79. The largest absolute Gasteiger partial charge is 0.355 e. The number of carbonyl (C=O) groups is 2. The lowest BCUT2D eigenvalue weighted by Gasteiger charge is -2.14. The summed E-state index contributed by atoms with van der Waals surface area (Å²) in [4.78, 5) is 23.7. The van der Waals surface area contributed by atoms with E-state index in [9.17, 15) is 9.59 Å². The minimum Gasteiger partial charge on any atom is -0.355 e. The van der Waals surface area contributed by atoms with E-state index in [0.717, 1.165) is 12.0 Å². The lowest BCUT2D eigenvalue weighted by Crippen LogP contribution is -2.29. The van der Waals surface area contributed by atoms with Crippen LogP contribution >= 0.6 is 0 Å². The second-order valence-electron chi connectivity index (χ2n) is 5.51. The average Bonchev–Trinajstić information content (AvgIpc) is 3.06. The Morgan fingerprint density at radius 3 is 2.79 bits per heavy atom. The van der Waals surface area contributed by atoms with E-state index in [1.807, 2.05) is 13.0 Å². The molecule has 128 valence electrons. The first-order chi connectivity index (χ1) is 11.5. The minimum absolute atomic E-state index is 0.154. The van der Waals surface area contributed by atoms with Gasteiger partial charge in [0.15, 0.2) is 0 Å². The Kier molecular flexibility index (Phi) is 5.95. The molecule has 24 heavy (non-hydrogen) atoms. The summed E-state index contributed by atoms with van der Waals surface area (Å²) in [5, 5.41) is 12.4. The van der Waals surface area contributed by atoms with Crippen molar-refractivity contribution in [3.63, 3.8) is 0 Å². The van der Waals surface area contributed by atoms with Gasteiger partial charge in [-0.25, -0.2) is 9.48 Å². The Balaban J connectivity index is 1.94. The molecule has 0 aliphatic rings. The van der Waals surface area contributed by atoms with Crippen molar-refractivity contribution in [3.8, 4) is 0 Å². The van der Waals surface area contributed by atoms with Crippen LogP contribution in [0.1, 0.15) is 42.2 Å². The number of anilines is 1. The zero-order valence-electron chi connectivity index (χ0n) is 14.2. The van der Waals surface area contributed by atoms with Crippen LogP contribution in [0.25, 0.3) is 0 Å². The van der Waals surface area contributed by atoms with Gasteiger partial charge in [0.05, 0.1) is 12.2 Å². The van der Waals surface area contributed by atoms with Gasteiger partial charge in [-0.2, -0.15) is 5.10 Å². The monoisotopic (exact) mass is 329 g/mol. The zero-order valence-corrected chi connectivity index (χ0v) is 14.2. The molecule has 1 aromatic carbocycles. The van der Waals surface area contributed by atoms with Gasteiger partial charge in [0, 0.05) is 25.2 Å². The van der Waals surface area contributed by atoms with Crippen molar-refractivity contribution in [2.75, 3.05) is 12.4 Å². The number of nitrogens with zero attached hydrogens (tertiary/aromatic N) is 2. The van der Waals surface area contributed by atoms with E-state index in [0.29, 0.717) is 17.9 Å². The van der Waals surface area contributed by atoms with Gasteiger partial charge in [-0.15, -0.1) is 0 Å². The van der Waals surface area contributed by atoms with E-state index in [2.05, 4.69) is 28.0 Å². The number of amides is 3. The first-order valence-electron chi connectivity index (χ1n) is 7.94. The summed E-state index contributed by atoms with van der Waals surface area (Å²) in [6.07, 6.45) is 2.58. The molecule has 0 aliphatic carbocycles. The quantitative estimate of drug-likeness (QED) is 0.761. The molecule has 0 aliphatic heterocycles. The third-order valence-corrected chi connectivity index (χ3v) is 3.79. The van der Waals surface area contributed by atoms with Crippen LogP contribution in [0.3, 0.4) is 0 Å². The molecule has 7 heteroatoms. The van der Waals surface area contributed by atoms with Crippen molar-refractivity contribution < 1.29 is 9.59 Å². The van der Waals surface area contributed by atoms with Crippen LogP contribution in [-0.2, 0) is 6.54 Å². The molecule has 1 atom stereocenters. The van der Waals surface area contributed by atoms with E-state index in [4.69, 9.17) is 0 Å². The highest BCUT2D eigenvalue weighted by Gasteiger charge is 2.11. The Morgan fingerprint density at radius 1 is 1.29 bits per heavy atom. The van der Waals surface area contributed by atoms with Gasteiger partial charge in [0.25, 0.3) is 5.91 Å². The van der Waals surface area contributed by atoms with Crippen LogP contribution < -0.4 is 16.0 Å². The van der Waals surface area contributed by atoms with E-state index in [-0.39, 0.29) is 18.0 Å². The van der Waals surface area contributed by atoms with Gasteiger partial charge in [-0.3, -0.25) is 10.1 Å². The molecular weight excluding hydrogens is 306 g/mol. The van der Waals surface area contributed by atoms with Crippen LogP contribution in [0.2, 0.25) is 0 Å². The molecule has 0 bridgehead atoms. The molecule has 0 spiro atoms. The van der Waals surface area contributed by atoms with Crippen LogP contribution in [0.15, 0.2) is 36.5 Å². The number of nitrogens with one attached hydrogen (secondary N) is 3. The highest BCUT2D eigenvalue weighted by atomic mass is 16.2. The molecule has 0 radical (unpaired) electrons. The molecule has 7 nitrogen and oxygen atoms in total. The zero-order chi connectivity index (χ0) is 17.5. The van der Waals surface area contributed by atoms with Gasteiger partial charge in [0.2, 0.25) is 0 Å². The minimum atomic E-state index is -0.314. The molecule has 3 amide bonds. The molecule has 2 aromatic rings. The second kappa shape index (κ2) is 8.14. The van der Waals surface area contributed by atoms with E-state index < -0.39 is 0 Å². The lowest BCUT2D eigenvalue weighted by molar-refractivity contribution is 0.0963. The maximum Gasteiger partial charge on any atom is 0.320 e. The Morgan fingerprint density at radius 2 is 2.08 bits per heavy atom. The number of urea groups is 1. The molecule has 0 unspecified atom stereocenters. The predicted octanol–water partition coefficient (Wildman–Crippen LogP) is 2.54. The van der Waals surface area contributed by atoms with Gasteiger partial charge in [0.1, 0.15) is 5.82 Å². The summed E-state index contributed by atoms with van der Waals surface area (Å²) in [5.41, 5.74) is 1.41. The van der Waals surface area contributed by atoms with Crippen LogP contribution in [0.4, 0.5) is 10.6 Å². The smallest absolute Gasteiger partial charge is 0.320 e. The van der Waals surface area contributed by atoms with Crippen molar-refractivity contribution in [2.45, 2.75) is 32.9 Å². The molecular formula is C17H23N5O2. The van der Waals surface area contributed by atoms with Crippen LogP contribution in [0.5, 0.6) is 0 Å². The fourth-order valence-corrected chi connectivity index (χ4v) is 2.25. The van der Waals surface area contributed by atoms with Crippen molar-refractivity contribution in [1.82, 2.24) is 20.4 Å². The Bertz CT molecular complexity index is 711. The normalized spacial score (nSPS) is 11.6. The third kappa shape index (κ3) is 4.34. The highest BCUT2D eigenvalue weighted by molar-refractivity contribution is 5.94. The number of hydrogen-bond acceptors (Lipinski definition) is 3. The van der Waals surface area contributed by atoms with E-state index in [1.165, 1.54) is 0 Å². The summed E-state index contributed by atoms with van der Waals surface area (Å²) in [7, 11) is 1.58. The van der Waals surface area contributed by atoms with Gasteiger partial charge in [-0.05, 0) is 31.0 Å². The summed E-state index contributed by atoms with van der Waals surface area (Å²) >= 11 is 0. The number of benzene rings is 1. The average molecular weight is 329 g/mol. The van der Waals surface area contributed by atoms with Gasteiger partial charge < -0.3 is 10.6 Å². The number of rotatable bonds is 6. The van der Waals surface area contributed by atoms with Gasteiger partial charge >= 0.3 is 6.03 Å². The van der Waals surface area contributed by atoms with Gasteiger partial charge in [-0.1, -0.05) is 19.1 Å². The Labute approximate surface area is 141 Å². The first kappa shape index (κ1) is 17.5. The molecule has 3 N–H and O–H groups in total. The summed E-state index contributed by atoms with van der Waals surface area (Å²) in [5.74, 6) is 0.500.